The van der Waals surface area contributed by atoms with E-state index in [2.05, 4.69) is 185 Å². The topological polar surface area (TPSA) is 63.6 Å². The number of pyridine rings is 2. The minimum atomic E-state index is -0.0825. The molecule has 328 valence electrons. The van der Waals surface area contributed by atoms with Crippen LogP contribution in [0.15, 0.2) is 132 Å². The minimum Gasteiger partial charge on any atom is -0.507 e. The third-order valence-electron chi connectivity index (χ3n) is 12.4. The molecule has 0 unspecified atom stereocenters. The zero-order valence-corrected chi connectivity index (χ0v) is 41.4. The molecule has 0 spiro atoms. The van der Waals surface area contributed by atoms with Crippen molar-refractivity contribution in [1.82, 2.24) is 14.4 Å². The molecule has 0 saturated carbocycles. The van der Waals surface area contributed by atoms with E-state index in [4.69, 9.17) is 14.4 Å². The second-order valence-corrected chi connectivity index (χ2v) is 21.4. The number of para-hydroxylation sites is 1. The van der Waals surface area contributed by atoms with Gasteiger partial charge in [0, 0.05) is 55.1 Å². The molecule has 0 aliphatic carbocycles. The Labute approximate surface area is 392 Å². The molecule has 0 aliphatic rings. The van der Waals surface area contributed by atoms with Crippen molar-refractivity contribution in [3.05, 3.63) is 156 Å². The van der Waals surface area contributed by atoms with Gasteiger partial charge in [0.1, 0.15) is 22.6 Å². The normalized spacial score (nSPS) is 12.6. The van der Waals surface area contributed by atoms with Crippen molar-refractivity contribution in [3.63, 3.8) is 0 Å². The second-order valence-electron chi connectivity index (χ2n) is 21.4. The third-order valence-corrected chi connectivity index (χ3v) is 12.4. The monoisotopic (exact) mass is 1020 g/mol. The summed E-state index contributed by atoms with van der Waals surface area (Å²) in [5.74, 6) is 0.107. The molecule has 64 heavy (non-hydrogen) atoms. The Bertz CT molecular complexity index is 3170. The van der Waals surface area contributed by atoms with Gasteiger partial charge in [0.2, 0.25) is 0 Å². The Morgan fingerprint density at radius 2 is 1.06 bits per heavy atom. The molecule has 5 nitrogen and oxygen atoms in total. The zero-order chi connectivity index (χ0) is 44.8. The minimum absolute atomic E-state index is 0. The van der Waals surface area contributed by atoms with Crippen LogP contribution in [0.25, 0.3) is 83.7 Å². The molecular formula is C58H58N3O2Pt-. The summed E-state index contributed by atoms with van der Waals surface area (Å²) in [6, 6.07) is 46.2. The van der Waals surface area contributed by atoms with E-state index in [0.717, 1.165) is 66.9 Å². The summed E-state index contributed by atoms with van der Waals surface area (Å²) in [6.07, 6.45) is 2.10. The van der Waals surface area contributed by atoms with Crippen LogP contribution < -0.4 is 0 Å². The molecule has 1 N–H and O–H groups in total. The number of benzene rings is 5. The van der Waals surface area contributed by atoms with Gasteiger partial charge in [-0.1, -0.05) is 149 Å². The van der Waals surface area contributed by atoms with Crippen LogP contribution >= 0.6 is 0 Å². The number of hydrogen-bond donors (Lipinski definition) is 1. The summed E-state index contributed by atoms with van der Waals surface area (Å²) in [5.41, 5.74) is 15.7. The SMILES string of the molecule is CC(C)(C)c1cc(-c2cc(-c3[c-]c(-c4nc5ccccn5c4-c4cc(C(C)(C)C)cc(C(C)(C)C)c4)ccc3)nc(-c3c(O)ccc4c3oc3ccccc34)c2)cc(C(C)(C)C)c1.[Pt]. The van der Waals surface area contributed by atoms with Crippen LogP contribution in [-0.2, 0) is 42.7 Å². The molecule has 0 bridgehead atoms. The maximum atomic E-state index is 11.7. The third kappa shape index (κ3) is 8.36. The molecule has 5 aromatic carbocycles. The van der Waals surface area contributed by atoms with E-state index in [1.807, 2.05) is 30.3 Å². The largest absolute Gasteiger partial charge is 0.507 e. The van der Waals surface area contributed by atoms with Crippen LogP contribution in [0.3, 0.4) is 0 Å². The van der Waals surface area contributed by atoms with Crippen molar-refractivity contribution in [2.24, 2.45) is 0 Å². The average Bonchev–Trinajstić information content (AvgIpc) is 3.81. The quantitative estimate of drug-likeness (QED) is 0.175. The van der Waals surface area contributed by atoms with Crippen LogP contribution in [0.2, 0.25) is 0 Å². The van der Waals surface area contributed by atoms with Crippen molar-refractivity contribution in [3.8, 4) is 61.9 Å². The summed E-state index contributed by atoms with van der Waals surface area (Å²) in [5, 5.41) is 13.6. The first-order valence-corrected chi connectivity index (χ1v) is 22.1. The molecule has 0 fully saturated rings. The number of phenolic OH excluding ortho intramolecular Hbond substituents is 1. The number of nitrogens with zero attached hydrogens (tertiary/aromatic N) is 3. The van der Waals surface area contributed by atoms with E-state index in [-0.39, 0.29) is 48.5 Å². The molecule has 4 aromatic heterocycles. The van der Waals surface area contributed by atoms with Gasteiger partial charge in [-0.05, 0) is 109 Å². The number of hydrogen-bond acceptors (Lipinski definition) is 4. The fourth-order valence-electron chi connectivity index (χ4n) is 8.50. The average molecular weight is 1020 g/mol. The number of aromatic hydroxyl groups is 1. The maximum Gasteiger partial charge on any atom is 0.148 e. The van der Waals surface area contributed by atoms with Crippen molar-refractivity contribution in [2.45, 2.75) is 105 Å². The van der Waals surface area contributed by atoms with Crippen LogP contribution in [0.5, 0.6) is 5.75 Å². The predicted molar refractivity (Wildman–Crippen MR) is 263 cm³/mol. The molecule has 9 rings (SSSR count). The fourth-order valence-corrected chi connectivity index (χ4v) is 8.50. The van der Waals surface area contributed by atoms with Gasteiger partial charge in [-0.2, -0.15) is 0 Å². The predicted octanol–water partition coefficient (Wildman–Crippen LogP) is 15.7. The molecule has 0 saturated heterocycles. The molecular weight excluding hydrogens is 966 g/mol. The summed E-state index contributed by atoms with van der Waals surface area (Å²) in [7, 11) is 0. The zero-order valence-electron chi connectivity index (χ0n) is 39.1. The molecule has 0 radical (unpaired) electrons. The van der Waals surface area contributed by atoms with Gasteiger partial charge in [-0.3, -0.25) is 9.97 Å². The van der Waals surface area contributed by atoms with E-state index in [1.165, 1.54) is 22.3 Å². The summed E-state index contributed by atoms with van der Waals surface area (Å²) in [6.45, 7) is 27.2. The Hall–Kier alpha value is -5.77. The Morgan fingerprint density at radius 1 is 0.516 bits per heavy atom. The maximum absolute atomic E-state index is 11.7. The van der Waals surface area contributed by atoms with E-state index in [0.29, 0.717) is 16.8 Å². The smallest absolute Gasteiger partial charge is 0.148 e. The molecule has 4 heterocycles. The Morgan fingerprint density at radius 3 is 1.69 bits per heavy atom. The standard InChI is InChI=1S/C58H58N3O2.Pt/c1-55(2,3)40-27-37(28-41(33-40)56(4,5)6)38-31-46(59-47(32-38)51-48(62)24-23-45-44-20-13-14-21-49(44)63-54(45)51)35-18-17-19-36(26-35)52-53(61-25-16-15-22-50(61)60-52)39-29-42(57(7,8)9)34-43(30-39)58(10,11)12;/h13-25,27-34,62H,1-12H3;/q-1;. The molecule has 0 atom stereocenters. The van der Waals surface area contributed by atoms with Crippen LogP contribution in [-0.4, -0.2) is 19.5 Å². The van der Waals surface area contributed by atoms with Crippen LogP contribution in [0.1, 0.15) is 105 Å². The first-order chi connectivity index (χ1) is 29.6. The van der Waals surface area contributed by atoms with Gasteiger partial charge in [0.25, 0.3) is 0 Å². The van der Waals surface area contributed by atoms with Gasteiger partial charge >= 0.3 is 0 Å². The summed E-state index contributed by atoms with van der Waals surface area (Å²) < 4.78 is 8.74. The Kier molecular flexibility index (Phi) is 11.2. The van der Waals surface area contributed by atoms with Gasteiger partial charge in [-0.15, -0.1) is 24.3 Å². The van der Waals surface area contributed by atoms with Crippen LogP contribution in [0.4, 0.5) is 0 Å². The number of furan rings is 1. The first kappa shape index (κ1) is 44.8. The van der Waals surface area contributed by atoms with E-state index in [1.54, 1.807) is 6.07 Å². The van der Waals surface area contributed by atoms with E-state index in [9.17, 15) is 5.11 Å². The van der Waals surface area contributed by atoms with Gasteiger partial charge in [-0.25, -0.2) is 0 Å². The van der Waals surface area contributed by atoms with Crippen molar-refractivity contribution in [1.29, 1.82) is 0 Å². The first-order valence-electron chi connectivity index (χ1n) is 22.1. The number of phenols is 1. The van der Waals surface area contributed by atoms with Crippen molar-refractivity contribution < 1.29 is 30.6 Å². The van der Waals surface area contributed by atoms with Gasteiger partial charge < -0.3 is 13.9 Å². The van der Waals surface area contributed by atoms with E-state index < -0.39 is 0 Å². The Balaban J connectivity index is 0.00000560. The van der Waals surface area contributed by atoms with Gasteiger partial charge in [0.15, 0.2) is 0 Å². The summed E-state index contributed by atoms with van der Waals surface area (Å²) in [4.78, 5) is 10.7. The molecule has 6 heteroatoms. The number of aromatic nitrogens is 3. The number of imidazole rings is 1. The number of rotatable bonds is 5. The molecule has 9 aromatic rings. The summed E-state index contributed by atoms with van der Waals surface area (Å²) >= 11 is 0. The van der Waals surface area contributed by atoms with Crippen molar-refractivity contribution >= 4 is 27.6 Å². The van der Waals surface area contributed by atoms with Crippen molar-refractivity contribution in [2.75, 3.05) is 0 Å². The second kappa shape index (κ2) is 16.0. The molecule has 0 amide bonds. The van der Waals surface area contributed by atoms with Gasteiger partial charge in [0.05, 0.1) is 11.3 Å². The fraction of sp³-hybridized carbons (Fsp3) is 0.276. The molecule has 0 aliphatic heterocycles. The van der Waals surface area contributed by atoms with E-state index >= 15 is 0 Å². The number of fused-ring (bicyclic) bond motifs is 4. The van der Waals surface area contributed by atoms with Crippen LogP contribution in [0, 0.1) is 6.07 Å².